The fourth-order valence-electron chi connectivity index (χ4n) is 3.23. The van der Waals surface area contributed by atoms with Gasteiger partial charge < -0.3 is 19.9 Å². The van der Waals surface area contributed by atoms with E-state index in [1.54, 1.807) is 11.3 Å². The van der Waals surface area contributed by atoms with E-state index in [9.17, 15) is 9.59 Å². The van der Waals surface area contributed by atoms with Crippen molar-refractivity contribution < 1.29 is 14.3 Å². The van der Waals surface area contributed by atoms with Crippen LogP contribution in [-0.4, -0.2) is 61.1 Å². The van der Waals surface area contributed by atoms with Crippen molar-refractivity contribution in [1.82, 2.24) is 15.1 Å². The second kappa shape index (κ2) is 8.48. The zero-order valence-electron chi connectivity index (χ0n) is 13.9. The van der Waals surface area contributed by atoms with E-state index in [-0.39, 0.29) is 17.9 Å². The molecule has 0 aliphatic carbocycles. The molecule has 2 saturated heterocycles. The highest BCUT2D eigenvalue weighted by molar-refractivity contribution is 7.09. The fourth-order valence-corrected chi connectivity index (χ4v) is 3.88. The maximum absolute atomic E-state index is 12.6. The van der Waals surface area contributed by atoms with Crippen LogP contribution in [-0.2, 0) is 16.1 Å². The molecule has 0 aromatic carbocycles. The van der Waals surface area contributed by atoms with Gasteiger partial charge in [0, 0.05) is 50.2 Å². The van der Waals surface area contributed by atoms with E-state index in [4.69, 9.17) is 4.74 Å². The summed E-state index contributed by atoms with van der Waals surface area (Å²) in [7, 11) is 0. The van der Waals surface area contributed by atoms with E-state index >= 15 is 0 Å². The van der Waals surface area contributed by atoms with Crippen LogP contribution in [0.15, 0.2) is 17.5 Å². The van der Waals surface area contributed by atoms with Crippen molar-refractivity contribution in [3.05, 3.63) is 22.4 Å². The third kappa shape index (κ3) is 4.48. The molecule has 132 valence electrons. The first-order chi connectivity index (χ1) is 11.7. The van der Waals surface area contributed by atoms with Crippen LogP contribution in [0.3, 0.4) is 0 Å². The lowest BCUT2D eigenvalue weighted by Crippen LogP contribution is -2.43. The van der Waals surface area contributed by atoms with Gasteiger partial charge in [0.25, 0.3) is 0 Å². The Hall–Kier alpha value is -1.60. The molecule has 0 unspecified atom stereocenters. The highest BCUT2D eigenvalue weighted by Crippen LogP contribution is 2.18. The Morgan fingerprint density at radius 1 is 1.17 bits per heavy atom. The second-order valence-corrected chi connectivity index (χ2v) is 7.32. The smallest absolute Gasteiger partial charge is 0.317 e. The molecular weight excluding hydrogens is 326 g/mol. The average molecular weight is 351 g/mol. The van der Waals surface area contributed by atoms with Crippen LogP contribution < -0.4 is 5.32 Å². The third-order valence-corrected chi connectivity index (χ3v) is 5.54. The van der Waals surface area contributed by atoms with E-state index in [1.807, 2.05) is 27.3 Å². The molecule has 3 amide bonds. The van der Waals surface area contributed by atoms with E-state index in [0.717, 1.165) is 30.7 Å². The molecule has 0 saturated carbocycles. The maximum Gasteiger partial charge on any atom is 0.317 e. The van der Waals surface area contributed by atoms with E-state index in [1.165, 1.54) is 0 Å². The summed E-state index contributed by atoms with van der Waals surface area (Å²) in [6.07, 6.45) is 2.47. The van der Waals surface area contributed by atoms with Gasteiger partial charge in [-0.1, -0.05) is 6.07 Å². The molecule has 0 atom stereocenters. The Morgan fingerprint density at radius 2 is 1.92 bits per heavy atom. The van der Waals surface area contributed by atoms with Crippen molar-refractivity contribution >= 4 is 23.3 Å². The van der Waals surface area contributed by atoms with E-state index in [0.29, 0.717) is 39.4 Å². The van der Waals surface area contributed by atoms with E-state index in [2.05, 4.69) is 5.32 Å². The molecule has 0 radical (unpaired) electrons. The standard InChI is InChI=1S/C17H25N3O3S/c21-16(14-4-10-23-11-5-14)19-6-2-7-20(9-8-19)17(22)18-13-15-3-1-12-24-15/h1,3,12,14H,2,4-11,13H2,(H,18,22). The molecule has 2 fully saturated rings. The summed E-state index contributed by atoms with van der Waals surface area (Å²) in [6.45, 7) is 4.60. The van der Waals surface area contributed by atoms with Gasteiger partial charge in [0.1, 0.15) is 0 Å². The lowest BCUT2D eigenvalue weighted by Gasteiger charge is -2.28. The number of amides is 3. The maximum atomic E-state index is 12.6. The number of thiophene rings is 1. The molecule has 1 aromatic heterocycles. The molecule has 24 heavy (non-hydrogen) atoms. The molecule has 0 bridgehead atoms. The van der Waals surface area contributed by atoms with Crippen LogP contribution in [0.5, 0.6) is 0 Å². The van der Waals surface area contributed by atoms with Crippen LogP contribution in [0, 0.1) is 5.92 Å². The highest BCUT2D eigenvalue weighted by Gasteiger charge is 2.28. The summed E-state index contributed by atoms with van der Waals surface area (Å²) in [5.74, 6) is 0.331. The van der Waals surface area contributed by atoms with Crippen molar-refractivity contribution in [3.8, 4) is 0 Å². The molecule has 7 heteroatoms. The number of rotatable bonds is 3. The van der Waals surface area contributed by atoms with Crippen molar-refractivity contribution in [3.63, 3.8) is 0 Å². The summed E-state index contributed by atoms with van der Waals surface area (Å²) in [5, 5.41) is 4.97. The molecular formula is C17H25N3O3S. The van der Waals surface area contributed by atoms with Gasteiger partial charge in [-0.25, -0.2) is 4.79 Å². The van der Waals surface area contributed by atoms with Crippen LogP contribution in [0.1, 0.15) is 24.1 Å². The average Bonchev–Trinajstić information content (AvgIpc) is 3.02. The summed E-state index contributed by atoms with van der Waals surface area (Å²) in [6, 6.07) is 3.96. The zero-order chi connectivity index (χ0) is 16.8. The Balaban J connectivity index is 1.47. The third-order valence-electron chi connectivity index (χ3n) is 4.66. The Bertz CT molecular complexity index is 543. The lowest BCUT2D eigenvalue weighted by atomic mass is 9.98. The summed E-state index contributed by atoms with van der Waals surface area (Å²) < 4.78 is 5.34. The van der Waals surface area contributed by atoms with Gasteiger partial charge in [-0.05, 0) is 30.7 Å². The monoisotopic (exact) mass is 351 g/mol. The molecule has 3 rings (SSSR count). The predicted molar refractivity (Wildman–Crippen MR) is 92.9 cm³/mol. The van der Waals surface area contributed by atoms with Gasteiger partial charge >= 0.3 is 6.03 Å². The molecule has 2 aliphatic heterocycles. The first kappa shape index (κ1) is 17.2. The predicted octanol–water partition coefficient (Wildman–Crippen LogP) is 1.92. The number of nitrogens with one attached hydrogen (secondary N) is 1. The van der Waals surface area contributed by atoms with Crippen molar-refractivity contribution in [2.45, 2.75) is 25.8 Å². The van der Waals surface area contributed by atoms with E-state index < -0.39 is 0 Å². The second-order valence-electron chi connectivity index (χ2n) is 6.29. The highest BCUT2D eigenvalue weighted by atomic mass is 32.1. The van der Waals surface area contributed by atoms with Crippen LogP contribution in [0.2, 0.25) is 0 Å². The molecule has 2 aliphatic rings. The van der Waals surface area contributed by atoms with Crippen LogP contribution in [0.4, 0.5) is 4.79 Å². The number of carbonyl (C=O) groups is 2. The topological polar surface area (TPSA) is 61.9 Å². The first-order valence-corrected chi connectivity index (χ1v) is 9.53. The SMILES string of the molecule is O=C(NCc1cccs1)N1CCCN(C(=O)C2CCOCC2)CC1. The Labute approximate surface area is 146 Å². The minimum atomic E-state index is -0.0382. The van der Waals surface area contributed by atoms with Gasteiger partial charge in [0.2, 0.25) is 5.91 Å². The van der Waals surface area contributed by atoms with Crippen LogP contribution in [0.25, 0.3) is 0 Å². The number of ether oxygens (including phenoxy) is 1. The minimum Gasteiger partial charge on any atom is -0.381 e. The Morgan fingerprint density at radius 3 is 2.67 bits per heavy atom. The number of hydrogen-bond donors (Lipinski definition) is 1. The zero-order valence-corrected chi connectivity index (χ0v) is 14.7. The number of nitrogens with zero attached hydrogens (tertiary/aromatic N) is 2. The molecule has 0 spiro atoms. The van der Waals surface area contributed by atoms with Gasteiger partial charge in [-0.3, -0.25) is 4.79 Å². The number of carbonyl (C=O) groups excluding carboxylic acids is 2. The quantitative estimate of drug-likeness (QED) is 0.905. The molecule has 3 heterocycles. The van der Waals surface area contributed by atoms with Gasteiger partial charge in [-0.2, -0.15) is 0 Å². The summed E-state index contributed by atoms with van der Waals surface area (Å²) >= 11 is 1.64. The van der Waals surface area contributed by atoms with Gasteiger partial charge in [0.05, 0.1) is 6.54 Å². The molecule has 1 aromatic rings. The summed E-state index contributed by atoms with van der Waals surface area (Å²) in [5.41, 5.74) is 0. The van der Waals surface area contributed by atoms with Crippen molar-refractivity contribution in [1.29, 1.82) is 0 Å². The minimum absolute atomic E-state index is 0.0382. The lowest BCUT2D eigenvalue weighted by molar-refractivity contribution is -0.138. The first-order valence-electron chi connectivity index (χ1n) is 8.66. The van der Waals surface area contributed by atoms with Gasteiger partial charge in [0.15, 0.2) is 0 Å². The largest absolute Gasteiger partial charge is 0.381 e. The number of hydrogen-bond acceptors (Lipinski definition) is 4. The Kier molecular flexibility index (Phi) is 6.09. The van der Waals surface area contributed by atoms with Gasteiger partial charge in [-0.15, -0.1) is 11.3 Å². The fraction of sp³-hybridized carbons (Fsp3) is 0.647. The van der Waals surface area contributed by atoms with Crippen molar-refractivity contribution in [2.75, 3.05) is 39.4 Å². The molecule has 1 N–H and O–H groups in total. The number of urea groups is 1. The molecule has 6 nitrogen and oxygen atoms in total. The summed E-state index contributed by atoms with van der Waals surface area (Å²) in [4.78, 5) is 29.8. The normalized spacial score (nSPS) is 19.8. The van der Waals surface area contributed by atoms with Crippen LogP contribution >= 0.6 is 11.3 Å². The van der Waals surface area contributed by atoms with Crippen molar-refractivity contribution in [2.24, 2.45) is 5.92 Å².